The molecular weight excluding hydrogens is 280 g/mol. The second-order valence-electron chi connectivity index (χ2n) is 4.95. The van der Waals surface area contributed by atoms with E-state index in [2.05, 4.69) is 0 Å². The largest absolute Gasteiger partial charge is 0.495 e. The Bertz CT molecular complexity index is 601. The van der Waals surface area contributed by atoms with E-state index < -0.39 is 10.0 Å². The number of rotatable bonds is 4. The van der Waals surface area contributed by atoms with Crippen molar-refractivity contribution in [3.05, 3.63) is 17.7 Å². The molecule has 112 valence electrons. The molecule has 1 atom stereocenters. The van der Waals surface area contributed by atoms with Crippen molar-refractivity contribution in [3.63, 3.8) is 0 Å². The lowest BCUT2D eigenvalue weighted by atomic mass is 10.2. The number of benzene rings is 1. The number of hydrogen-bond donors (Lipinski definition) is 2. The zero-order chi connectivity index (χ0) is 14.9. The summed E-state index contributed by atoms with van der Waals surface area (Å²) in [5, 5.41) is 9.31. The van der Waals surface area contributed by atoms with E-state index in [0.717, 1.165) is 12.0 Å². The Morgan fingerprint density at radius 2 is 2.20 bits per heavy atom. The number of anilines is 1. The second kappa shape index (κ2) is 5.59. The zero-order valence-electron chi connectivity index (χ0n) is 11.7. The predicted octanol–water partition coefficient (Wildman–Crippen LogP) is 0.731. The summed E-state index contributed by atoms with van der Waals surface area (Å²) in [5.74, 6) is 0.278. The number of aliphatic hydroxyl groups is 1. The summed E-state index contributed by atoms with van der Waals surface area (Å²) < 4.78 is 32.0. The number of ether oxygens (including phenoxy) is 1. The van der Waals surface area contributed by atoms with Crippen LogP contribution in [0.15, 0.2) is 17.0 Å². The van der Waals surface area contributed by atoms with E-state index in [1.54, 1.807) is 13.0 Å². The number of nitrogens with two attached hydrogens (primary N) is 1. The van der Waals surface area contributed by atoms with E-state index in [9.17, 15) is 13.5 Å². The van der Waals surface area contributed by atoms with Crippen LogP contribution in [0.2, 0.25) is 0 Å². The minimum atomic E-state index is -3.71. The Balaban J connectivity index is 2.51. The van der Waals surface area contributed by atoms with E-state index >= 15 is 0 Å². The van der Waals surface area contributed by atoms with E-state index in [1.165, 1.54) is 17.5 Å². The normalized spacial score (nSPS) is 20.2. The quantitative estimate of drug-likeness (QED) is 0.800. The van der Waals surface area contributed by atoms with Gasteiger partial charge in [0.2, 0.25) is 10.0 Å². The van der Waals surface area contributed by atoms with Gasteiger partial charge in [-0.2, -0.15) is 4.31 Å². The highest BCUT2D eigenvalue weighted by Gasteiger charge is 2.36. The maximum atomic E-state index is 12.7. The van der Waals surface area contributed by atoms with E-state index in [1.807, 2.05) is 0 Å². The van der Waals surface area contributed by atoms with Crippen LogP contribution >= 0.6 is 0 Å². The number of nitrogen functional groups attached to an aromatic ring is 1. The molecule has 0 unspecified atom stereocenters. The van der Waals surface area contributed by atoms with Gasteiger partial charge < -0.3 is 15.6 Å². The fraction of sp³-hybridized carbons (Fsp3) is 0.538. The van der Waals surface area contributed by atoms with Gasteiger partial charge in [-0.1, -0.05) is 0 Å². The van der Waals surface area contributed by atoms with Crippen LogP contribution in [0.4, 0.5) is 5.69 Å². The molecule has 1 heterocycles. The fourth-order valence-corrected chi connectivity index (χ4v) is 4.33. The molecule has 2 rings (SSSR count). The van der Waals surface area contributed by atoms with Gasteiger partial charge in [-0.15, -0.1) is 0 Å². The van der Waals surface area contributed by atoms with Crippen molar-refractivity contribution in [3.8, 4) is 5.75 Å². The van der Waals surface area contributed by atoms with Crippen molar-refractivity contribution in [2.45, 2.75) is 30.7 Å². The van der Waals surface area contributed by atoms with E-state index in [-0.39, 0.29) is 23.3 Å². The first-order chi connectivity index (χ1) is 9.41. The molecule has 0 saturated carbocycles. The van der Waals surface area contributed by atoms with Crippen LogP contribution in [-0.2, 0) is 10.0 Å². The van der Waals surface area contributed by atoms with E-state index in [4.69, 9.17) is 10.5 Å². The Hall–Kier alpha value is -1.31. The molecule has 1 aromatic carbocycles. The van der Waals surface area contributed by atoms with Crippen molar-refractivity contribution in [1.29, 1.82) is 0 Å². The number of aryl methyl sites for hydroxylation is 1. The van der Waals surface area contributed by atoms with Gasteiger partial charge in [-0.3, -0.25) is 0 Å². The number of sulfonamides is 1. The first kappa shape index (κ1) is 15.1. The van der Waals surface area contributed by atoms with Crippen LogP contribution in [0.25, 0.3) is 0 Å². The van der Waals surface area contributed by atoms with Gasteiger partial charge in [0.15, 0.2) is 0 Å². The van der Waals surface area contributed by atoms with Crippen molar-refractivity contribution in [2.24, 2.45) is 0 Å². The molecule has 1 aromatic rings. The molecule has 7 heteroatoms. The van der Waals surface area contributed by atoms with Crippen molar-refractivity contribution < 1.29 is 18.3 Å². The van der Waals surface area contributed by atoms with Gasteiger partial charge in [-0.25, -0.2) is 8.42 Å². The fourth-order valence-electron chi connectivity index (χ4n) is 2.47. The monoisotopic (exact) mass is 300 g/mol. The Kier molecular flexibility index (Phi) is 4.22. The maximum Gasteiger partial charge on any atom is 0.247 e. The second-order valence-corrected chi connectivity index (χ2v) is 6.81. The lowest BCUT2D eigenvalue weighted by Crippen LogP contribution is -2.37. The SMILES string of the molecule is COc1cc(C)c(N)cc1S(=O)(=O)N1CCC[C@H]1CO. The lowest BCUT2D eigenvalue weighted by molar-refractivity contribution is 0.213. The van der Waals surface area contributed by atoms with Crippen molar-refractivity contribution >= 4 is 15.7 Å². The van der Waals surface area contributed by atoms with Gasteiger partial charge in [0.25, 0.3) is 0 Å². The Labute approximate surface area is 119 Å². The molecular formula is C13H20N2O4S. The highest BCUT2D eigenvalue weighted by Crippen LogP contribution is 2.34. The smallest absolute Gasteiger partial charge is 0.247 e. The summed E-state index contributed by atoms with van der Waals surface area (Å²) in [6, 6.07) is 2.68. The first-order valence-corrected chi connectivity index (χ1v) is 7.92. The van der Waals surface area contributed by atoms with Crippen LogP contribution in [0.5, 0.6) is 5.75 Å². The predicted molar refractivity (Wildman–Crippen MR) is 76.1 cm³/mol. The number of hydrogen-bond acceptors (Lipinski definition) is 5. The van der Waals surface area contributed by atoms with Gasteiger partial charge in [0.1, 0.15) is 10.6 Å². The Morgan fingerprint density at radius 1 is 1.50 bits per heavy atom. The van der Waals surface area contributed by atoms with Crippen LogP contribution in [0, 0.1) is 6.92 Å². The average Bonchev–Trinajstić information content (AvgIpc) is 2.90. The number of aliphatic hydroxyl groups excluding tert-OH is 1. The maximum absolute atomic E-state index is 12.7. The van der Waals surface area contributed by atoms with Crippen LogP contribution < -0.4 is 10.5 Å². The summed E-state index contributed by atoms with van der Waals surface area (Å²) in [7, 11) is -2.29. The number of nitrogens with zero attached hydrogens (tertiary/aromatic N) is 1. The highest BCUT2D eigenvalue weighted by atomic mass is 32.2. The third-order valence-electron chi connectivity index (χ3n) is 3.67. The minimum Gasteiger partial charge on any atom is -0.495 e. The van der Waals surface area contributed by atoms with Gasteiger partial charge >= 0.3 is 0 Å². The van der Waals surface area contributed by atoms with Crippen LogP contribution in [0.1, 0.15) is 18.4 Å². The first-order valence-electron chi connectivity index (χ1n) is 6.48. The summed E-state index contributed by atoms with van der Waals surface area (Å²) in [5.41, 5.74) is 6.99. The molecule has 20 heavy (non-hydrogen) atoms. The van der Waals surface area contributed by atoms with Gasteiger partial charge in [-0.05, 0) is 37.5 Å². The molecule has 0 aromatic heterocycles. The average molecular weight is 300 g/mol. The van der Waals surface area contributed by atoms with Gasteiger partial charge in [0, 0.05) is 18.3 Å². The van der Waals surface area contributed by atoms with Crippen molar-refractivity contribution in [2.75, 3.05) is 26.0 Å². The van der Waals surface area contributed by atoms with Gasteiger partial charge in [0.05, 0.1) is 13.7 Å². The number of methoxy groups -OCH3 is 1. The Morgan fingerprint density at radius 3 is 2.80 bits per heavy atom. The molecule has 3 N–H and O–H groups in total. The molecule has 0 amide bonds. The highest BCUT2D eigenvalue weighted by molar-refractivity contribution is 7.89. The third kappa shape index (κ3) is 2.48. The van der Waals surface area contributed by atoms with E-state index in [0.29, 0.717) is 18.7 Å². The molecule has 6 nitrogen and oxygen atoms in total. The molecule has 1 aliphatic heterocycles. The third-order valence-corrected chi connectivity index (χ3v) is 5.65. The molecule has 1 saturated heterocycles. The minimum absolute atomic E-state index is 0.0587. The summed E-state index contributed by atoms with van der Waals surface area (Å²) >= 11 is 0. The summed E-state index contributed by atoms with van der Waals surface area (Å²) in [6.07, 6.45) is 1.41. The molecule has 0 radical (unpaired) electrons. The standard InChI is InChI=1S/C13H20N2O4S/c1-9-6-12(19-2)13(7-11(9)14)20(17,18)15-5-3-4-10(15)8-16/h6-7,10,16H,3-5,8,14H2,1-2H3/t10-/m0/s1. The topological polar surface area (TPSA) is 92.9 Å². The molecule has 0 bridgehead atoms. The summed E-state index contributed by atoms with van der Waals surface area (Å²) in [6.45, 7) is 2.02. The lowest BCUT2D eigenvalue weighted by Gasteiger charge is -2.23. The van der Waals surface area contributed by atoms with Crippen LogP contribution in [0.3, 0.4) is 0 Å². The zero-order valence-corrected chi connectivity index (χ0v) is 12.5. The molecule has 0 aliphatic carbocycles. The summed E-state index contributed by atoms with van der Waals surface area (Å²) in [4.78, 5) is 0.0587. The van der Waals surface area contributed by atoms with Crippen LogP contribution in [-0.4, -0.2) is 44.1 Å². The molecule has 1 aliphatic rings. The molecule has 0 spiro atoms. The van der Waals surface area contributed by atoms with Crippen molar-refractivity contribution in [1.82, 2.24) is 4.31 Å². The molecule has 1 fully saturated rings.